The molecule has 0 aliphatic carbocycles. The molecule has 5 heteroatoms. The fraction of sp³-hybridized carbons (Fsp3) is 0.571. The van der Waals surface area contributed by atoms with Gasteiger partial charge in [-0.05, 0) is 11.8 Å². The fourth-order valence-corrected chi connectivity index (χ4v) is 1.25. The molecule has 0 saturated carbocycles. The Morgan fingerprint density at radius 3 is 1.63 bits per heavy atom. The van der Waals surface area contributed by atoms with Gasteiger partial charge in [0, 0.05) is 0 Å². The first-order valence-corrected chi connectivity index (χ1v) is 6.32. The van der Waals surface area contributed by atoms with Gasteiger partial charge in [0.05, 0.1) is 13.2 Å². The van der Waals surface area contributed by atoms with E-state index in [1.807, 2.05) is 27.7 Å². The molecule has 0 aliphatic heterocycles. The van der Waals surface area contributed by atoms with Gasteiger partial charge < -0.3 is 13.9 Å². The summed E-state index contributed by atoms with van der Waals surface area (Å²) in [5, 5.41) is 0. The van der Waals surface area contributed by atoms with Gasteiger partial charge in [0.25, 0.3) is 0 Å². The van der Waals surface area contributed by atoms with Crippen LogP contribution in [0.3, 0.4) is 0 Å². The van der Waals surface area contributed by atoms with Gasteiger partial charge >= 0.3 is 11.9 Å². The first kappa shape index (κ1) is 15.3. The van der Waals surface area contributed by atoms with Crippen molar-refractivity contribution in [2.24, 2.45) is 11.8 Å². The average molecular weight is 268 g/mol. The SMILES string of the molecule is CC(C)COC(=O)c1cocc1C(=O)OCC(C)C. The Kier molecular flexibility index (Phi) is 5.60. The monoisotopic (exact) mass is 268 g/mol. The summed E-state index contributed by atoms with van der Waals surface area (Å²) in [6.07, 6.45) is 2.41. The smallest absolute Gasteiger partial charge is 0.342 e. The molecule has 1 rings (SSSR count). The van der Waals surface area contributed by atoms with Gasteiger partial charge in [-0.3, -0.25) is 0 Å². The average Bonchev–Trinajstić information content (AvgIpc) is 2.82. The molecule has 19 heavy (non-hydrogen) atoms. The Morgan fingerprint density at radius 1 is 0.947 bits per heavy atom. The van der Waals surface area contributed by atoms with Crippen LogP contribution in [0.2, 0.25) is 0 Å². The van der Waals surface area contributed by atoms with E-state index in [-0.39, 0.29) is 23.0 Å². The Hall–Kier alpha value is -1.78. The maximum Gasteiger partial charge on any atom is 0.342 e. The quantitative estimate of drug-likeness (QED) is 0.742. The molecule has 0 amide bonds. The number of furan rings is 1. The lowest BCUT2D eigenvalue weighted by Gasteiger charge is -2.08. The van der Waals surface area contributed by atoms with E-state index >= 15 is 0 Å². The highest BCUT2D eigenvalue weighted by Gasteiger charge is 2.22. The molecule has 0 fully saturated rings. The molecule has 0 saturated heterocycles. The molecular weight excluding hydrogens is 248 g/mol. The van der Waals surface area contributed by atoms with Crippen molar-refractivity contribution in [3.05, 3.63) is 23.7 Å². The second-order valence-electron chi connectivity index (χ2n) is 5.18. The maximum atomic E-state index is 11.8. The van der Waals surface area contributed by atoms with Crippen LogP contribution in [0.15, 0.2) is 16.9 Å². The summed E-state index contributed by atoms with van der Waals surface area (Å²) in [4.78, 5) is 23.6. The molecule has 1 aromatic heterocycles. The van der Waals surface area contributed by atoms with Crippen molar-refractivity contribution in [2.75, 3.05) is 13.2 Å². The normalized spacial score (nSPS) is 10.8. The molecule has 0 aromatic carbocycles. The van der Waals surface area contributed by atoms with E-state index in [1.54, 1.807) is 0 Å². The van der Waals surface area contributed by atoms with Crippen molar-refractivity contribution >= 4 is 11.9 Å². The minimum absolute atomic E-state index is 0.106. The molecule has 0 radical (unpaired) electrons. The van der Waals surface area contributed by atoms with Crippen molar-refractivity contribution in [1.82, 2.24) is 0 Å². The number of rotatable bonds is 6. The van der Waals surface area contributed by atoms with Crippen molar-refractivity contribution in [1.29, 1.82) is 0 Å². The van der Waals surface area contributed by atoms with Crippen molar-refractivity contribution in [3.8, 4) is 0 Å². The molecule has 5 nitrogen and oxygen atoms in total. The molecule has 0 bridgehead atoms. The Balaban J connectivity index is 2.68. The number of carbonyl (C=O) groups is 2. The Morgan fingerprint density at radius 2 is 1.32 bits per heavy atom. The molecule has 0 N–H and O–H groups in total. The largest absolute Gasteiger partial charge is 0.471 e. The summed E-state index contributed by atoms with van der Waals surface area (Å²) in [5.74, 6) is -0.683. The van der Waals surface area contributed by atoms with Crippen LogP contribution in [0.25, 0.3) is 0 Å². The van der Waals surface area contributed by atoms with Crippen molar-refractivity contribution in [2.45, 2.75) is 27.7 Å². The lowest BCUT2D eigenvalue weighted by molar-refractivity contribution is 0.0414. The second kappa shape index (κ2) is 6.97. The summed E-state index contributed by atoms with van der Waals surface area (Å²) < 4.78 is 15.0. The van der Waals surface area contributed by atoms with Gasteiger partial charge in [-0.25, -0.2) is 9.59 Å². The third kappa shape index (κ3) is 4.77. The van der Waals surface area contributed by atoms with Gasteiger partial charge in [-0.15, -0.1) is 0 Å². The number of hydrogen-bond donors (Lipinski definition) is 0. The third-order valence-corrected chi connectivity index (χ3v) is 2.20. The summed E-state index contributed by atoms with van der Waals surface area (Å²) in [6, 6.07) is 0. The van der Waals surface area contributed by atoms with Crippen LogP contribution in [-0.4, -0.2) is 25.2 Å². The number of carbonyl (C=O) groups excluding carboxylic acids is 2. The van der Waals surface area contributed by atoms with Crippen LogP contribution < -0.4 is 0 Å². The summed E-state index contributed by atoms with van der Waals surface area (Å²) in [6.45, 7) is 8.32. The predicted molar refractivity (Wildman–Crippen MR) is 68.9 cm³/mol. The highest BCUT2D eigenvalue weighted by atomic mass is 16.5. The first-order valence-electron chi connectivity index (χ1n) is 6.32. The zero-order valence-corrected chi connectivity index (χ0v) is 11.8. The molecule has 0 unspecified atom stereocenters. The van der Waals surface area contributed by atoms with Gasteiger partial charge in [0.2, 0.25) is 0 Å². The van der Waals surface area contributed by atoms with Crippen molar-refractivity contribution < 1.29 is 23.5 Å². The third-order valence-electron chi connectivity index (χ3n) is 2.20. The van der Waals surface area contributed by atoms with Crippen LogP contribution in [0.1, 0.15) is 48.4 Å². The Bertz CT molecular complexity index is 392. The van der Waals surface area contributed by atoms with Crippen LogP contribution >= 0.6 is 0 Å². The fourth-order valence-electron chi connectivity index (χ4n) is 1.25. The minimum Gasteiger partial charge on any atom is -0.471 e. The molecule has 0 spiro atoms. The molecule has 106 valence electrons. The van der Waals surface area contributed by atoms with Crippen LogP contribution in [-0.2, 0) is 9.47 Å². The summed E-state index contributed by atoms with van der Waals surface area (Å²) >= 11 is 0. The lowest BCUT2D eigenvalue weighted by atomic mass is 10.2. The van der Waals surface area contributed by atoms with E-state index in [1.165, 1.54) is 12.5 Å². The zero-order valence-electron chi connectivity index (χ0n) is 11.8. The van der Waals surface area contributed by atoms with E-state index < -0.39 is 11.9 Å². The molecule has 1 aromatic rings. The highest BCUT2D eigenvalue weighted by Crippen LogP contribution is 2.14. The summed E-state index contributed by atoms with van der Waals surface area (Å²) in [5.41, 5.74) is 0.212. The van der Waals surface area contributed by atoms with Crippen LogP contribution in [0.5, 0.6) is 0 Å². The predicted octanol–water partition coefficient (Wildman–Crippen LogP) is 2.91. The van der Waals surface area contributed by atoms with Gasteiger partial charge in [0.15, 0.2) is 0 Å². The van der Waals surface area contributed by atoms with E-state index in [4.69, 9.17) is 13.9 Å². The van der Waals surface area contributed by atoms with Gasteiger partial charge in [-0.1, -0.05) is 27.7 Å². The molecule has 0 atom stereocenters. The topological polar surface area (TPSA) is 65.7 Å². The van der Waals surface area contributed by atoms with Crippen LogP contribution in [0, 0.1) is 11.8 Å². The molecule has 0 aliphatic rings. The Labute approximate surface area is 112 Å². The number of hydrogen-bond acceptors (Lipinski definition) is 5. The van der Waals surface area contributed by atoms with E-state index in [2.05, 4.69) is 0 Å². The molecular formula is C14H20O5. The zero-order chi connectivity index (χ0) is 14.4. The maximum absolute atomic E-state index is 11.8. The van der Waals surface area contributed by atoms with E-state index in [9.17, 15) is 9.59 Å². The van der Waals surface area contributed by atoms with E-state index in [0.29, 0.717) is 13.2 Å². The van der Waals surface area contributed by atoms with Crippen molar-refractivity contribution in [3.63, 3.8) is 0 Å². The summed E-state index contributed by atoms with van der Waals surface area (Å²) in [7, 11) is 0. The standard InChI is InChI=1S/C14H20O5/c1-9(2)5-18-13(15)11-7-17-8-12(11)14(16)19-6-10(3)4/h7-10H,5-6H2,1-4H3. The number of ether oxygens (including phenoxy) is 2. The minimum atomic E-state index is -0.570. The lowest BCUT2D eigenvalue weighted by Crippen LogP contribution is -2.15. The van der Waals surface area contributed by atoms with E-state index in [0.717, 1.165) is 0 Å². The first-order chi connectivity index (χ1) is 8.91. The van der Waals surface area contributed by atoms with Crippen LogP contribution in [0.4, 0.5) is 0 Å². The highest BCUT2D eigenvalue weighted by molar-refractivity contribution is 6.02. The van der Waals surface area contributed by atoms with Gasteiger partial charge in [-0.2, -0.15) is 0 Å². The second-order valence-corrected chi connectivity index (χ2v) is 5.18. The van der Waals surface area contributed by atoms with Gasteiger partial charge in [0.1, 0.15) is 23.7 Å². The number of esters is 2. The molecule has 1 heterocycles.